The molecule has 1 atom stereocenters. The molecule has 0 unspecified atom stereocenters. The average molecular weight is 301 g/mol. The van der Waals surface area contributed by atoms with E-state index in [0.717, 1.165) is 30.7 Å². The SMILES string of the molecule is CCc1cc(C(=O)N2CCC[C@H]2c2cncc(NC)n2)on1. The van der Waals surface area contributed by atoms with E-state index in [9.17, 15) is 4.79 Å². The first-order valence-electron chi connectivity index (χ1n) is 7.49. The van der Waals surface area contributed by atoms with Gasteiger partial charge in [-0.1, -0.05) is 12.1 Å². The van der Waals surface area contributed by atoms with Crippen molar-refractivity contribution in [2.45, 2.75) is 32.2 Å². The summed E-state index contributed by atoms with van der Waals surface area (Å²) in [6.07, 6.45) is 5.94. The first-order chi connectivity index (χ1) is 10.7. The molecule has 0 radical (unpaired) electrons. The van der Waals surface area contributed by atoms with Crippen LogP contribution in [0.4, 0.5) is 5.82 Å². The molecule has 2 aromatic rings. The van der Waals surface area contributed by atoms with Crippen molar-refractivity contribution in [1.29, 1.82) is 0 Å². The standard InChI is InChI=1S/C15H19N5O2/c1-3-10-7-13(22-19-10)15(21)20-6-4-5-12(20)11-8-17-9-14(16-2)18-11/h7-9,12H,3-6H2,1-2H3,(H,16,18)/t12-/m0/s1. The topological polar surface area (TPSA) is 84.2 Å². The Bertz CT molecular complexity index is 669. The second kappa shape index (κ2) is 6.13. The second-order valence-electron chi connectivity index (χ2n) is 5.27. The lowest BCUT2D eigenvalue weighted by Gasteiger charge is -2.23. The fourth-order valence-electron chi connectivity index (χ4n) is 2.70. The van der Waals surface area contributed by atoms with Crippen LogP contribution in [-0.4, -0.2) is 39.5 Å². The van der Waals surface area contributed by atoms with Crippen molar-refractivity contribution in [2.75, 3.05) is 18.9 Å². The van der Waals surface area contributed by atoms with Crippen LogP contribution in [0.5, 0.6) is 0 Å². The van der Waals surface area contributed by atoms with E-state index in [1.165, 1.54) is 0 Å². The Kier molecular flexibility index (Phi) is 4.04. The van der Waals surface area contributed by atoms with Crippen molar-refractivity contribution in [2.24, 2.45) is 0 Å². The molecule has 3 heterocycles. The third-order valence-corrected chi connectivity index (χ3v) is 3.90. The molecule has 0 saturated carbocycles. The number of aryl methyl sites for hydroxylation is 1. The Morgan fingerprint density at radius 2 is 2.36 bits per heavy atom. The van der Waals surface area contributed by atoms with Crippen LogP contribution in [0.2, 0.25) is 0 Å². The molecule has 0 aromatic carbocycles. The molecule has 0 bridgehead atoms. The third kappa shape index (κ3) is 2.66. The highest BCUT2D eigenvalue weighted by Crippen LogP contribution is 2.32. The Balaban J connectivity index is 1.84. The second-order valence-corrected chi connectivity index (χ2v) is 5.27. The Labute approximate surface area is 128 Å². The van der Waals surface area contributed by atoms with Crippen LogP contribution in [0.3, 0.4) is 0 Å². The normalized spacial score (nSPS) is 17.7. The monoisotopic (exact) mass is 301 g/mol. The van der Waals surface area contributed by atoms with Gasteiger partial charge in [-0.2, -0.15) is 0 Å². The van der Waals surface area contributed by atoms with Crippen LogP contribution in [0.25, 0.3) is 0 Å². The van der Waals surface area contributed by atoms with E-state index in [2.05, 4.69) is 20.4 Å². The zero-order valence-corrected chi connectivity index (χ0v) is 12.7. The Morgan fingerprint density at radius 3 is 3.09 bits per heavy atom. The minimum Gasteiger partial charge on any atom is -0.372 e. The number of carbonyl (C=O) groups is 1. The number of rotatable bonds is 4. The van der Waals surface area contributed by atoms with Crippen LogP contribution < -0.4 is 5.32 Å². The molecule has 7 nitrogen and oxygen atoms in total. The summed E-state index contributed by atoms with van der Waals surface area (Å²) in [5.41, 5.74) is 1.59. The molecule has 0 aliphatic carbocycles. The number of aromatic nitrogens is 3. The van der Waals surface area contributed by atoms with Gasteiger partial charge >= 0.3 is 0 Å². The fourth-order valence-corrected chi connectivity index (χ4v) is 2.70. The average Bonchev–Trinajstić information content (AvgIpc) is 3.23. The molecule has 1 aliphatic rings. The summed E-state index contributed by atoms with van der Waals surface area (Å²) in [6, 6.07) is 1.65. The Morgan fingerprint density at radius 1 is 1.50 bits per heavy atom. The summed E-state index contributed by atoms with van der Waals surface area (Å²) < 4.78 is 5.17. The zero-order chi connectivity index (χ0) is 15.5. The van der Waals surface area contributed by atoms with Crippen molar-refractivity contribution < 1.29 is 9.32 Å². The number of nitrogens with zero attached hydrogens (tertiary/aromatic N) is 4. The fraction of sp³-hybridized carbons (Fsp3) is 0.467. The summed E-state index contributed by atoms with van der Waals surface area (Å²) in [7, 11) is 1.80. The molecule has 22 heavy (non-hydrogen) atoms. The minimum absolute atomic E-state index is 0.0662. The van der Waals surface area contributed by atoms with Crippen LogP contribution >= 0.6 is 0 Å². The van der Waals surface area contributed by atoms with Gasteiger partial charge < -0.3 is 14.7 Å². The molecule has 1 aliphatic heterocycles. The maximum absolute atomic E-state index is 12.6. The van der Waals surface area contributed by atoms with Crippen molar-refractivity contribution in [3.8, 4) is 0 Å². The minimum atomic E-state index is -0.133. The van der Waals surface area contributed by atoms with Crippen molar-refractivity contribution >= 4 is 11.7 Å². The molecule has 1 fully saturated rings. The van der Waals surface area contributed by atoms with Gasteiger partial charge in [-0.05, 0) is 19.3 Å². The van der Waals surface area contributed by atoms with Gasteiger partial charge in [0.05, 0.1) is 29.8 Å². The van der Waals surface area contributed by atoms with Gasteiger partial charge in [0.2, 0.25) is 5.76 Å². The van der Waals surface area contributed by atoms with E-state index < -0.39 is 0 Å². The summed E-state index contributed by atoms with van der Waals surface area (Å²) in [4.78, 5) is 23.1. The smallest absolute Gasteiger partial charge is 0.293 e. The molecule has 2 aromatic heterocycles. The Hall–Kier alpha value is -2.44. The highest BCUT2D eigenvalue weighted by Gasteiger charge is 2.33. The maximum Gasteiger partial charge on any atom is 0.293 e. The summed E-state index contributed by atoms with van der Waals surface area (Å²) in [5.74, 6) is 0.859. The highest BCUT2D eigenvalue weighted by atomic mass is 16.5. The number of nitrogens with one attached hydrogen (secondary N) is 1. The number of likely N-dealkylation sites (tertiary alicyclic amines) is 1. The molecule has 7 heteroatoms. The number of hydrogen-bond acceptors (Lipinski definition) is 6. The van der Waals surface area contributed by atoms with Crippen LogP contribution in [-0.2, 0) is 6.42 Å². The third-order valence-electron chi connectivity index (χ3n) is 3.90. The van der Waals surface area contributed by atoms with Crippen molar-refractivity contribution in [3.63, 3.8) is 0 Å². The first-order valence-corrected chi connectivity index (χ1v) is 7.49. The molecule has 116 valence electrons. The predicted octanol–water partition coefficient (Wildman–Crippen LogP) is 2.05. The first kappa shape index (κ1) is 14.5. The van der Waals surface area contributed by atoms with Crippen molar-refractivity contribution in [1.82, 2.24) is 20.0 Å². The molecule has 3 rings (SSSR count). The van der Waals surface area contributed by atoms with Gasteiger partial charge in [0.15, 0.2) is 0 Å². The van der Waals surface area contributed by atoms with Gasteiger partial charge in [-0.25, -0.2) is 4.98 Å². The van der Waals surface area contributed by atoms with Crippen LogP contribution in [0, 0.1) is 0 Å². The van der Waals surface area contributed by atoms with Crippen LogP contribution in [0.1, 0.15) is 47.7 Å². The van der Waals surface area contributed by atoms with Gasteiger partial charge in [0.1, 0.15) is 5.82 Å². The lowest BCUT2D eigenvalue weighted by molar-refractivity contribution is 0.0690. The molecular formula is C15H19N5O2. The van der Waals surface area contributed by atoms with E-state index >= 15 is 0 Å². The predicted molar refractivity (Wildman–Crippen MR) is 80.5 cm³/mol. The highest BCUT2D eigenvalue weighted by molar-refractivity contribution is 5.92. The van der Waals surface area contributed by atoms with Gasteiger partial charge in [-0.3, -0.25) is 9.78 Å². The number of anilines is 1. The zero-order valence-electron chi connectivity index (χ0n) is 12.7. The quantitative estimate of drug-likeness (QED) is 0.930. The molecule has 1 N–H and O–H groups in total. The molecular weight excluding hydrogens is 282 g/mol. The van der Waals surface area contributed by atoms with Crippen LogP contribution in [0.15, 0.2) is 23.0 Å². The van der Waals surface area contributed by atoms with E-state index in [1.807, 2.05) is 6.92 Å². The van der Waals surface area contributed by atoms with Crippen molar-refractivity contribution in [3.05, 3.63) is 35.6 Å². The van der Waals surface area contributed by atoms with Gasteiger partial charge in [-0.15, -0.1) is 0 Å². The lowest BCUT2D eigenvalue weighted by atomic mass is 10.1. The van der Waals surface area contributed by atoms with Gasteiger partial charge in [0, 0.05) is 19.7 Å². The van der Waals surface area contributed by atoms with E-state index in [1.54, 1.807) is 30.4 Å². The van der Waals surface area contributed by atoms with E-state index in [0.29, 0.717) is 18.1 Å². The number of hydrogen-bond donors (Lipinski definition) is 1. The van der Waals surface area contributed by atoms with E-state index in [-0.39, 0.29) is 11.9 Å². The summed E-state index contributed by atoms with van der Waals surface area (Å²) >= 11 is 0. The number of carbonyl (C=O) groups excluding carboxylic acids is 1. The summed E-state index contributed by atoms with van der Waals surface area (Å²) in [5, 5.41) is 6.86. The van der Waals surface area contributed by atoms with E-state index in [4.69, 9.17) is 4.52 Å². The largest absolute Gasteiger partial charge is 0.372 e. The van der Waals surface area contributed by atoms with Gasteiger partial charge in [0.25, 0.3) is 5.91 Å². The molecule has 1 amide bonds. The lowest BCUT2D eigenvalue weighted by Crippen LogP contribution is -2.30. The summed E-state index contributed by atoms with van der Waals surface area (Å²) in [6.45, 7) is 2.67. The molecule has 0 spiro atoms. The molecule has 1 saturated heterocycles. The maximum atomic E-state index is 12.6. The number of amides is 1.